The zero-order chi connectivity index (χ0) is 13.7. The Hall–Kier alpha value is -2.20. The third-order valence-corrected chi connectivity index (χ3v) is 3.05. The van der Waals surface area contributed by atoms with Gasteiger partial charge in [0.1, 0.15) is 11.6 Å². The first-order valence-corrected chi connectivity index (χ1v) is 6.09. The van der Waals surface area contributed by atoms with Gasteiger partial charge in [0, 0.05) is 18.7 Å². The Labute approximate surface area is 110 Å². The third-order valence-electron chi connectivity index (χ3n) is 3.05. The highest BCUT2D eigenvalue weighted by Crippen LogP contribution is 2.28. The second kappa shape index (κ2) is 6.11. The average Bonchev–Trinajstić information content (AvgIpc) is 2.45. The molecule has 2 heterocycles. The van der Waals surface area contributed by atoms with Gasteiger partial charge in [0.05, 0.1) is 11.5 Å². The fourth-order valence-electron chi connectivity index (χ4n) is 2.07. The van der Waals surface area contributed by atoms with Crippen LogP contribution in [-0.4, -0.2) is 29.6 Å². The number of nitrogens with one attached hydrogen (secondary N) is 1. The van der Waals surface area contributed by atoms with Crippen LogP contribution < -0.4 is 10.1 Å². The van der Waals surface area contributed by atoms with Gasteiger partial charge < -0.3 is 10.1 Å². The van der Waals surface area contributed by atoms with E-state index < -0.39 is 4.92 Å². The lowest BCUT2D eigenvalue weighted by Gasteiger charge is -2.22. The van der Waals surface area contributed by atoms with Crippen molar-refractivity contribution in [2.24, 2.45) is 5.92 Å². The highest BCUT2D eigenvalue weighted by atomic mass is 16.6. The van der Waals surface area contributed by atoms with E-state index in [1.54, 1.807) is 6.07 Å². The Morgan fingerprint density at radius 1 is 1.68 bits per heavy atom. The minimum absolute atomic E-state index is 0.0308. The molecule has 7 nitrogen and oxygen atoms in total. The number of hydrogen-bond donors (Lipinski definition) is 1. The van der Waals surface area contributed by atoms with Crippen molar-refractivity contribution in [3.05, 3.63) is 27.9 Å². The Bertz CT molecular complexity index is 506. The van der Waals surface area contributed by atoms with E-state index in [1.165, 1.54) is 12.3 Å². The lowest BCUT2D eigenvalue weighted by Crippen LogP contribution is -2.33. The zero-order valence-electron chi connectivity index (χ0n) is 10.3. The van der Waals surface area contributed by atoms with Gasteiger partial charge in [-0.05, 0) is 25.5 Å². The molecule has 100 valence electrons. The molecule has 1 N–H and O–H groups in total. The van der Waals surface area contributed by atoms with Crippen LogP contribution in [0.15, 0.2) is 12.3 Å². The number of nitro groups is 1. The Morgan fingerprint density at radius 2 is 2.53 bits per heavy atom. The van der Waals surface area contributed by atoms with Gasteiger partial charge in [-0.25, -0.2) is 4.98 Å². The molecule has 7 heteroatoms. The highest BCUT2D eigenvalue weighted by Gasteiger charge is 2.24. The molecule has 1 aliphatic rings. The van der Waals surface area contributed by atoms with E-state index in [2.05, 4.69) is 10.3 Å². The Kier molecular flexibility index (Phi) is 4.26. The first kappa shape index (κ1) is 13.2. The summed E-state index contributed by atoms with van der Waals surface area (Å²) in [5.74, 6) is 0.246. The fraction of sp³-hybridized carbons (Fsp3) is 0.500. The topological polar surface area (TPSA) is 101 Å². The summed E-state index contributed by atoms with van der Waals surface area (Å²) in [6.45, 7) is 2.21. The minimum Gasteiger partial charge on any atom is -0.472 e. The summed E-state index contributed by atoms with van der Waals surface area (Å²) in [6.07, 6.45) is 3.44. The molecular weight excluding hydrogens is 248 g/mol. The molecule has 0 spiro atoms. The summed E-state index contributed by atoms with van der Waals surface area (Å²) in [4.78, 5) is 14.2. The molecule has 19 heavy (non-hydrogen) atoms. The molecule has 1 aromatic rings. The maximum absolute atomic E-state index is 11.0. The van der Waals surface area contributed by atoms with Crippen LogP contribution in [-0.2, 0) is 0 Å². The summed E-state index contributed by atoms with van der Waals surface area (Å²) in [6, 6.07) is 3.09. The van der Waals surface area contributed by atoms with E-state index >= 15 is 0 Å². The fourth-order valence-corrected chi connectivity index (χ4v) is 2.07. The zero-order valence-corrected chi connectivity index (χ0v) is 10.3. The van der Waals surface area contributed by atoms with Crippen LogP contribution in [0.4, 0.5) is 5.69 Å². The van der Waals surface area contributed by atoms with Crippen molar-refractivity contribution in [1.82, 2.24) is 10.3 Å². The minimum atomic E-state index is -0.625. The quantitative estimate of drug-likeness (QED) is 0.647. The molecular formula is C12H14N4O3. The van der Waals surface area contributed by atoms with Crippen LogP contribution in [0.2, 0.25) is 0 Å². The predicted octanol–water partition coefficient (Wildman–Crippen LogP) is 1.24. The SMILES string of the molecule is N#Cc1ccnc(OCC2CCCNC2)c1[N+](=O)[O-]. The number of hydrogen-bond acceptors (Lipinski definition) is 6. The summed E-state index contributed by atoms with van der Waals surface area (Å²) in [7, 11) is 0. The first-order chi connectivity index (χ1) is 9.22. The number of ether oxygens (including phenoxy) is 1. The molecule has 1 aromatic heterocycles. The number of aromatic nitrogens is 1. The predicted molar refractivity (Wildman–Crippen MR) is 66.7 cm³/mol. The van der Waals surface area contributed by atoms with Gasteiger partial charge in [0.25, 0.3) is 5.88 Å². The standard InChI is InChI=1S/C12H14N4O3/c13-6-10-3-5-15-12(11(10)16(17)18)19-8-9-2-1-4-14-7-9/h3,5,9,14H,1-2,4,7-8H2. The van der Waals surface area contributed by atoms with Crippen molar-refractivity contribution < 1.29 is 9.66 Å². The maximum Gasteiger partial charge on any atom is 0.348 e. The average molecular weight is 262 g/mol. The molecule has 1 aliphatic heterocycles. The van der Waals surface area contributed by atoms with Gasteiger partial charge in [0.15, 0.2) is 0 Å². The van der Waals surface area contributed by atoms with Crippen LogP contribution in [0.25, 0.3) is 0 Å². The number of nitriles is 1. The van der Waals surface area contributed by atoms with Crippen molar-refractivity contribution in [3.63, 3.8) is 0 Å². The third kappa shape index (κ3) is 3.17. The van der Waals surface area contributed by atoms with Crippen LogP contribution in [0.1, 0.15) is 18.4 Å². The van der Waals surface area contributed by atoms with E-state index in [1.807, 2.05) is 0 Å². The molecule has 0 radical (unpaired) electrons. The van der Waals surface area contributed by atoms with Gasteiger partial charge in [-0.2, -0.15) is 5.26 Å². The molecule has 1 atom stereocenters. The van der Waals surface area contributed by atoms with Crippen LogP contribution in [0, 0.1) is 27.4 Å². The smallest absolute Gasteiger partial charge is 0.348 e. The van der Waals surface area contributed by atoms with Crippen molar-refractivity contribution in [2.75, 3.05) is 19.7 Å². The van der Waals surface area contributed by atoms with Gasteiger partial charge >= 0.3 is 5.69 Å². The van der Waals surface area contributed by atoms with Crippen LogP contribution >= 0.6 is 0 Å². The summed E-state index contributed by atoms with van der Waals surface area (Å²) < 4.78 is 5.44. The van der Waals surface area contributed by atoms with E-state index in [0.717, 1.165) is 25.9 Å². The van der Waals surface area contributed by atoms with Gasteiger partial charge in [-0.1, -0.05) is 0 Å². The normalized spacial score (nSPS) is 18.6. The number of nitrogens with zero attached hydrogens (tertiary/aromatic N) is 3. The molecule has 1 fully saturated rings. The summed E-state index contributed by atoms with van der Waals surface area (Å²) >= 11 is 0. The molecule has 0 bridgehead atoms. The summed E-state index contributed by atoms with van der Waals surface area (Å²) in [5.41, 5.74) is -0.384. The highest BCUT2D eigenvalue weighted by molar-refractivity contribution is 5.54. The van der Waals surface area contributed by atoms with E-state index in [-0.39, 0.29) is 17.1 Å². The number of pyridine rings is 1. The van der Waals surface area contributed by atoms with E-state index in [0.29, 0.717) is 12.5 Å². The number of piperidine rings is 1. The molecule has 0 aliphatic carbocycles. The largest absolute Gasteiger partial charge is 0.472 e. The molecule has 0 aromatic carbocycles. The van der Waals surface area contributed by atoms with E-state index in [4.69, 9.17) is 10.00 Å². The van der Waals surface area contributed by atoms with Crippen LogP contribution in [0.5, 0.6) is 5.88 Å². The van der Waals surface area contributed by atoms with E-state index in [9.17, 15) is 10.1 Å². The molecule has 1 saturated heterocycles. The molecule has 2 rings (SSSR count). The van der Waals surface area contributed by atoms with Crippen molar-refractivity contribution in [1.29, 1.82) is 5.26 Å². The first-order valence-electron chi connectivity index (χ1n) is 6.09. The summed E-state index contributed by atoms with van der Waals surface area (Å²) in [5, 5.41) is 23.1. The Balaban J connectivity index is 2.11. The molecule has 1 unspecified atom stereocenters. The monoisotopic (exact) mass is 262 g/mol. The lowest BCUT2D eigenvalue weighted by atomic mass is 10.0. The second-order valence-corrected chi connectivity index (χ2v) is 4.40. The number of rotatable bonds is 4. The van der Waals surface area contributed by atoms with Crippen molar-refractivity contribution in [2.45, 2.75) is 12.8 Å². The molecule has 0 amide bonds. The molecule has 0 saturated carbocycles. The van der Waals surface area contributed by atoms with Crippen molar-refractivity contribution in [3.8, 4) is 11.9 Å². The van der Waals surface area contributed by atoms with Gasteiger partial charge in [0.2, 0.25) is 0 Å². The second-order valence-electron chi connectivity index (χ2n) is 4.40. The maximum atomic E-state index is 11.0. The Morgan fingerprint density at radius 3 is 3.16 bits per heavy atom. The van der Waals surface area contributed by atoms with Gasteiger partial charge in [-0.3, -0.25) is 10.1 Å². The van der Waals surface area contributed by atoms with Crippen molar-refractivity contribution >= 4 is 5.69 Å². The van der Waals surface area contributed by atoms with Crippen LogP contribution in [0.3, 0.4) is 0 Å². The lowest BCUT2D eigenvalue weighted by molar-refractivity contribution is -0.386. The van der Waals surface area contributed by atoms with Gasteiger partial charge in [-0.15, -0.1) is 0 Å².